The Kier molecular flexibility index (Phi) is 5.78. The lowest BCUT2D eigenvalue weighted by molar-refractivity contribution is -0.136. The van der Waals surface area contributed by atoms with Crippen LogP contribution in [-0.4, -0.2) is 34.2 Å². The first-order chi connectivity index (χ1) is 11.4. The van der Waals surface area contributed by atoms with Crippen LogP contribution >= 0.6 is 0 Å². The predicted octanol–water partition coefficient (Wildman–Crippen LogP) is 3.30. The SMILES string of the molecule is C=C[C@@H](O)[C@H](CC(C)C)C(=O)N1C(=O)O[C@H](c2ccccc2)[C@@H]1C. The van der Waals surface area contributed by atoms with Gasteiger partial charge in [0.25, 0.3) is 0 Å². The molecule has 1 aliphatic rings. The maximum atomic E-state index is 12.9. The summed E-state index contributed by atoms with van der Waals surface area (Å²) in [6, 6.07) is 8.91. The minimum Gasteiger partial charge on any atom is -0.439 e. The quantitative estimate of drug-likeness (QED) is 0.812. The van der Waals surface area contributed by atoms with Crippen molar-refractivity contribution in [1.29, 1.82) is 0 Å². The van der Waals surface area contributed by atoms with Gasteiger partial charge >= 0.3 is 6.09 Å². The van der Waals surface area contributed by atoms with Crippen molar-refractivity contribution in [1.82, 2.24) is 4.90 Å². The molecule has 0 bridgehead atoms. The van der Waals surface area contributed by atoms with E-state index in [2.05, 4.69) is 6.58 Å². The van der Waals surface area contributed by atoms with Crippen molar-refractivity contribution in [2.45, 2.75) is 45.4 Å². The summed E-state index contributed by atoms with van der Waals surface area (Å²) in [5.41, 5.74) is 0.846. The first-order valence-corrected chi connectivity index (χ1v) is 8.26. The number of hydrogen-bond donors (Lipinski definition) is 1. The number of rotatable bonds is 6. The monoisotopic (exact) mass is 331 g/mol. The molecular weight excluding hydrogens is 306 g/mol. The number of nitrogens with zero attached hydrogens (tertiary/aromatic N) is 1. The molecule has 1 fully saturated rings. The molecule has 1 aromatic carbocycles. The Hall–Kier alpha value is -2.14. The molecule has 1 aliphatic heterocycles. The molecule has 0 unspecified atom stereocenters. The molecule has 0 spiro atoms. The molecule has 24 heavy (non-hydrogen) atoms. The van der Waals surface area contributed by atoms with Crippen molar-refractivity contribution in [3.8, 4) is 0 Å². The van der Waals surface area contributed by atoms with Gasteiger partial charge in [-0.15, -0.1) is 6.58 Å². The fraction of sp³-hybridized carbons (Fsp3) is 0.474. The molecule has 4 atom stereocenters. The lowest BCUT2D eigenvalue weighted by Gasteiger charge is -2.27. The summed E-state index contributed by atoms with van der Waals surface area (Å²) < 4.78 is 5.42. The number of cyclic esters (lactones) is 1. The highest BCUT2D eigenvalue weighted by Crippen LogP contribution is 2.34. The molecule has 1 aromatic rings. The van der Waals surface area contributed by atoms with E-state index >= 15 is 0 Å². The number of hydrogen-bond acceptors (Lipinski definition) is 4. The van der Waals surface area contributed by atoms with Gasteiger partial charge in [0, 0.05) is 0 Å². The van der Waals surface area contributed by atoms with Crippen molar-refractivity contribution in [3.63, 3.8) is 0 Å². The van der Waals surface area contributed by atoms with Gasteiger partial charge in [0.05, 0.1) is 18.1 Å². The van der Waals surface area contributed by atoms with E-state index in [1.165, 1.54) is 6.08 Å². The van der Waals surface area contributed by atoms with Crippen LogP contribution in [0.1, 0.15) is 38.9 Å². The number of benzene rings is 1. The van der Waals surface area contributed by atoms with Gasteiger partial charge in [0.1, 0.15) is 6.10 Å². The third-order valence-corrected chi connectivity index (χ3v) is 4.33. The maximum absolute atomic E-state index is 12.9. The zero-order valence-corrected chi connectivity index (χ0v) is 14.4. The molecule has 1 saturated heterocycles. The summed E-state index contributed by atoms with van der Waals surface area (Å²) in [4.78, 5) is 26.3. The number of amides is 2. The Morgan fingerprint density at radius 1 is 1.38 bits per heavy atom. The van der Waals surface area contributed by atoms with E-state index in [0.717, 1.165) is 10.5 Å². The van der Waals surface area contributed by atoms with E-state index in [1.54, 1.807) is 6.92 Å². The largest absolute Gasteiger partial charge is 0.439 e. The topological polar surface area (TPSA) is 66.8 Å². The zero-order valence-electron chi connectivity index (χ0n) is 14.4. The van der Waals surface area contributed by atoms with Gasteiger partial charge in [-0.25, -0.2) is 9.69 Å². The van der Waals surface area contributed by atoms with E-state index in [4.69, 9.17) is 4.74 Å². The summed E-state index contributed by atoms with van der Waals surface area (Å²) in [5.74, 6) is -0.911. The average Bonchev–Trinajstić information content (AvgIpc) is 2.86. The predicted molar refractivity (Wildman–Crippen MR) is 91.1 cm³/mol. The van der Waals surface area contributed by atoms with Gasteiger partial charge in [0.15, 0.2) is 0 Å². The zero-order chi connectivity index (χ0) is 17.9. The Morgan fingerprint density at radius 3 is 2.54 bits per heavy atom. The van der Waals surface area contributed by atoms with E-state index in [-0.39, 0.29) is 5.92 Å². The number of carbonyl (C=O) groups excluding carboxylic acids is 2. The first-order valence-electron chi connectivity index (χ1n) is 8.26. The van der Waals surface area contributed by atoms with Gasteiger partial charge in [-0.2, -0.15) is 0 Å². The van der Waals surface area contributed by atoms with E-state index in [1.807, 2.05) is 44.2 Å². The van der Waals surface area contributed by atoms with Crippen LogP contribution in [0.5, 0.6) is 0 Å². The van der Waals surface area contributed by atoms with Crippen LogP contribution in [0.3, 0.4) is 0 Å². The highest BCUT2D eigenvalue weighted by Gasteiger charge is 2.46. The lowest BCUT2D eigenvalue weighted by atomic mass is 9.90. The van der Waals surface area contributed by atoms with Crippen molar-refractivity contribution in [3.05, 3.63) is 48.6 Å². The summed E-state index contributed by atoms with van der Waals surface area (Å²) in [7, 11) is 0. The summed E-state index contributed by atoms with van der Waals surface area (Å²) >= 11 is 0. The summed E-state index contributed by atoms with van der Waals surface area (Å²) in [6.07, 6.45) is -0.338. The molecule has 1 heterocycles. The molecule has 2 amide bonds. The molecule has 0 radical (unpaired) electrons. The first kappa shape index (κ1) is 18.2. The van der Waals surface area contributed by atoms with Gasteiger partial charge in [-0.3, -0.25) is 4.79 Å². The molecular formula is C19H25NO4. The van der Waals surface area contributed by atoms with Gasteiger partial charge in [-0.1, -0.05) is 50.3 Å². The lowest BCUT2D eigenvalue weighted by Crippen LogP contribution is -2.45. The molecule has 5 nitrogen and oxygen atoms in total. The van der Waals surface area contributed by atoms with Crippen LogP contribution in [-0.2, 0) is 9.53 Å². The van der Waals surface area contributed by atoms with E-state index in [0.29, 0.717) is 6.42 Å². The fourth-order valence-electron chi connectivity index (χ4n) is 3.08. The molecule has 2 rings (SSSR count). The minimum absolute atomic E-state index is 0.201. The standard InChI is InChI=1S/C19H25NO4/c1-5-16(21)15(11-12(2)3)18(22)20-13(4)17(24-19(20)23)14-9-7-6-8-10-14/h5-10,12-13,15-17,21H,1,11H2,2-4H3/t13-,15-,16+,17-/m0/s1. The number of aliphatic hydroxyl groups is 1. The number of carbonyl (C=O) groups is 2. The second kappa shape index (κ2) is 7.62. The maximum Gasteiger partial charge on any atom is 0.417 e. The Bertz CT molecular complexity index is 599. The third kappa shape index (κ3) is 3.67. The summed E-state index contributed by atoms with van der Waals surface area (Å²) in [6.45, 7) is 9.28. The molecule has 1 N–H and O–H groups in total. The van der Waals surface area contributed by atoms with Crippen LogP contribution in [0, 0.1) is 11.8 Å². The van der Waals surface area contributed by atoms with Crippen molar-refractivity contribution < 1.29 is 19.4 Å². The Morgan fingerprint density at radius 2 is 2.00 bits per heavy atom. The highest BCUT2D eigenvalue weighted by molar-refractivity contribution is 5.95. The highest BCUT2D eigenvalue weighted by atomic mass is 16.6. The third-order valence-electron chi connectivity index (χ3n) is 4.33. The normalized spacial score (nSPS) is 23.0. The molecule has 0 saturated carbocycles. The average molecular weight is 331 g/mol. The molecule has 5 heteroatoms. The second-order valence-electron chi connectivity index (χ2n) is 6.63. The van der Waals surface area contributed by atoms with Crippen LogP contribution in [0.15, 0.2) is 43.0 Å². The smallest absolute Gasteiger partial charge is 0.417 e. The molecule has 130 valence electrons. The summed E-state index contributed by atoms with van der Waals surface area (Å²) in [5, 5.41) is 10.1. The van der Waals surface area contributed by atoms with Crippen LogP contribution in [0.25, 0.3) is 0 Å². The molecule has 0 aromatic heterocycles. The minimum atomic E-state index is -0.990. The molecule has 0 aliphatic carbocycles. The van der Waals surface area contributed by atoms with Crippen LogP contribution in [0.4, 0.5) is 4.79 Å². The number of imide groups is 1. The Balaban J connectivity index is 2.24. The van der Waals surface area contributed by atoms with Crippen molar-refractivity contribution in [2.24, 2.45) is 11.8 Å². The fourth-order valence-corrected chi connectivity index (χ4v) is 3.08. The van der Waals surface area contributed by atoms with Gasteiger partial charge in [-0.05, 0) is 24.8 Å². The van der Waals surface area contributed by atoms with E-state index in [9.17, 15) is 14.7 Å². The van der Waals surface area contributed by atoms with Gasteiger partial charge < -0.3 is 9.84 Å². The van der Waals surface area contributed by atoms with Gasteiger partial charge in [0.2, 0.25) is 5.91 Å². The van der Waals surface area contributed by atoms with Crippen molar-refractivity contribution in [2.75, 3.05) is 0 Å². The van der Waals surface area contributed by atoms with Crippen LogP contribution < -0.4 is 0 Å². The van der Waals surface area contributed by atoms with Crippen molar-refractivity contribution >= 4 is 12.0 Å². The number of aliphatic hydroxyl groups excluding tert-OH is 1. The second-order valence-corrected chi connectivity index (χ2v) is 6.63. The van der Waals surface area contributed by atoms with Crippen LogP contribution in [0.2, 0.25) is 0 Å². The van der Waals surface area contributed by atoms with E-state index < -0.39 is 36.2 Å². The Labute approximate surface area is 142 Å². The number of ether oxygens (including phenoxy) is 1.